The Morgan fingerprint density at radius 3 is 2.89 bits per heavy atom. The third-order valence-electron chi connectivity index (χ3n) is 2.86. The van der Waals surface area contributed by atoms with E-state index in [-0.39, 0.29) is 11.8 Å². The fourth-order valence-corrected chi connectivity index (χ4v) is 1.64. The fraction of sp³-hybridized carbons (Fsp3) is 0.286. The molecule has 0 aliphatic rings. The summed E-state index contributed by atoms with van der Waals surface area (Å²) < 4.78 is 1.88. The summed E-state index contributed by atoms with van der Waals surface area (Å²) in [7, 11) is 0. The van der Waals surface area contributed by atoms with Crippen LogP contribution in [0.25, 0.3) is 5.69 Å². The monoisotopic (exact) mass is 277 g/mol. The van der Waals surface area contributed by atoms with Crippen LogP contribution in [0, 0.1) is 5.41 Å². The fourth-order valence-electron chi connectivity index (χ4n) is 1.52. The van der Waals surface area contributed by atoms with Crippen molar-refractivity contribution in [3.8, 4) is 5.69 Å². The highest BCUT2D eigenvalue weighted by Gasteiger charge is 2.26. The summed E-state index contributed by atoms with van der Waals surface area (Å²) in [6.07, 6.45) is 5.27. The van der Waals surface area contributed by atoms with Crippen molar-refractivity contribution in [3.63, 3.8) is 0 Å². The van der Waals surface area contributed by atoms with Gasteiger partial charge in [-0.25, -0.2) is 4.98 Å². The van der Waals surface area contributed by atoms with Crippen molar-refractivity contribution in [2.24, 2.45) is 5.41 Å². The molecule has 1 aromatic heterocycles. The number of rotatable bonds is 4. The molecule has 0 unspecified atom stereocenters. The lowest BCUT2D eigenvalue weighted by atomic mass is 9.95. The third-order valence-corrected chi connectivity index (χ3v) is 3.52. The summed E-state index contributed by atoms with van der Waals surface area (Å²) in [6, 6.07) is 7.58. The maximum absolute atomic E-state index is 12.0. The zero-order chi connectivity index (χ0) is 13.9. The van der Waals surface area contributed by atoms with Crippen LogP contribution in [-0.2, 0) is 4.79 Å². The van der Waals surface area contributed by atoms with Crippen LogP contribution in [0.3, 0.4) is 0 Å². The first-order valence-corrected chi connectivity index (χ1v) is 6.52. The van der Waals surface area contributed by atoms with E-state index in [4.69, 9.17) is 11.6 Å². The molecule has 0 aliphatic carbocycles. The van der Waals surface area contributed by atoms with Gasteiger partial charge >= 0.3 is 0 Å². The van der Waals surface area contributed by atoms with Crippen LogP contribution in [0.15, 0.2) is 43.0 Å². The van der Waals surface area contributed by atoms with E-state index in [1.807, 2.05) is 48.9 Å². The second-order valence-electron chi connectivity index (χ2n) is 4.99. The molecular weight excluding hydrogens is 262 g/mol. The molecule has 1 heterocycles. The Morgan fingerprint density at radius 1 is 1.47 bits per heavy atom. The number of benzene rings is 1. The molecule has 1 aromatic carbocycles. The standard InChI is InChI=1S/C14H16ClN3O/c1-14(2,9-15)13(19)17-11-4-3-5-12(8-11)18-7-6-16-10-18/h3-8,10H,9H2,1-2H3,(H,17,19). The molecule has 0 spiro atoms. The molecule has 0 aliphatic heterocycles. The SMILES string of the molecule is CC(C)(CCl)C(=O)Nc1cccc(-n2ccnc2)c1. The molecule has 1 N–H and O–H groups in total. The lowest BCUT2D eigenvalue weighted by Crippen LogP contribution is -2.32. The Balaban J connectivity index is 2.19. The molecule has 4 nitrogen and oxygen atoms in total. The van der Waals surface area contributed by atoms with Gasteiger partial charge in [-0.15, -0.1) is 11.6 Å². The minimum absolute atomic E-state index is 0.0923. The quantitative estimate of drug-likeness (QED) is 0.873. The molecule has 100 valence electrons. The summed E-state index contributed by atoms with van der Waals surface area (Å²) in [6.45, 7) is 3.63. The van der Waals surface area contributed by atoms with Gasteiger partial charge in [-0.05, 0) is 32.0 Å². The van der Waals surface area contributed by atoms with Crippen molar-refractivity contribution in [2.75, 3.05) is 11.2 Å². The molecule has 0 radical (unpaired) electrons. The van der Waals surface area contributed by atoms with Gasteiger partial charge < -0.3 is 9.88 Å². The van der Waals surface area contributed by atoms with Gasteiger partial charge in [-0.2, -0.15) is 0 Å². The van der Waals surface area contributed by atoms with E-state index in [0.29, 0.717) is 0 Å². The lowest BCUT2D eigenvalue weighted by molar-refractivity contribution is -0.122. The van der Waals surface area contributed by atoms with Crippen LogP contribution in [0.1, 0.15) is 13.8 Å². The first-order chi connectivity index (χ1) is 9.03. The maximum atomic E-state index is 12.0. The Kier molecular flexibility index (Phi) is 3.90. The highest BCUT2D eigenvalue weighted by molar-refractivity contribution is 6.20. The lowest BCUT2D eigenvalue weighted by Gasteiger charge is -2.20. The Morgan fingerprint density at radius 2 is 2.26 bits per heavy atom. The van der Waals surface area contributed by atoms with E-state index in [2.05, 4.69) is 10.3 Å². The number of carbonyl (C=O) groups is 1. The zero-order valence-corrected chi connectivity index (χ0v) is 11.7. The van der Waals surface area contributed by atoms with Gasteiger partial charge in [0.05, 0.1) is 11.7 Å². The third kappa shape index (κ3) is 3.15. The van der Waals surface area contributed by atoms with Crippen LogP contribution in [0.4, 0.5) is 5.69 Å². The number of aromatic nitrogens is 2. The number of amides is 1. The molecule has 0 fully saturated rings. The smallest absolute Gasteiger partial charge is 0.231 e. The zero-order valence-electron chi connectivity index (χ0n) is 10.9. The summed E-state index contributed by atoms with van der Waals surface area (Å²) in [5.74, 6) is 0.185. The van der Waals surface area contributed by atoms with E-state index >= 15 is 0 Å². The number of imidazole rings is 1. The molecule has 0 atom stereocenters. The Labute approximate surface area is 117 Å². The van der Waals surface area contributed by atoms with Crippen molar-refractivity contribution in [1.29, 1.82) is 0 Å². The predicted molar refractivity (Wildman–Crippen MR) is 76.7 cm³/mol. The number of halogens is 1. The van der Waals surface area contributed by atoms with E-state index < -0.39 is 5.41 Å². The van der Waals surface area contributed by atoms with Crippen molar-refractivity contribution >= 4 is 23.2 Å². The largest absolute Gasteiger partial charge is 0.326 e. The predicted octanol–water partition coefficient (Wildman–Crippen LogP) is 3.08. The normalized spacial score (nSPS) is 11.3. The number of hydrogen-bond donors (Lipinski definition) is 1. The highest BCUT2D eigenvalue weighted by atomic mass is 35.5. The van der Waals surface area contributed by atoms with Gasteiger partial charge in [-0.1, -0.05) is 6.07 Å². The molecule has 2 rings (SSSR count). The van der Waals surface area contributed by atoms with Crippen molar-refractivity contribution < 1.29 is 4.79 Å². The summed E-state index contributed by atoms with van der Waals surface area (Å²) in [4.78, 5) is 16.0. The van der Waals surface area contributed by atoms with Crippen molar-refractivity contribution in [3.05, 3.63) is 43.0 Å². The molecule has 0 bridgehead atoms. The number of nitrogens with zero attached hydrogens (tertiary/aromatic N) is 2. The molecular formula is C14H16ClN3O. The number of carbonyl (C=O) groups excluding carboxylic acids is 1. The molecule has 19 heavy (non-hydrogen) atoms. The first kappa shape index (κ1) is 13.6. The van der Waals surface area contributed by atoms with Crippen LogP contribution < -0.4 is 5.32 Å². The van der Waals surface area contributed by atoms with Gasteiger partial charge in [-0.3, -0.25) is 4.79 Å². The van der Waals surface area contributed by atoms with Gasteiger partial charge in [0.25, 0.3) is 0 Å². The Bertz CT molecular complexity index is 564. The van der Waals surface area contributed by atoms with Crippen molar-refractivity contribution in [2.45, 2.75) is 13.8 Å². The van der Waals surface area contributed by atoms with E-state index in [0.717, 1.165) is 11.4 Å². The van der Waals surface area contributed by atoms with Crippen LogP contribution in [0.2, 0.25) is 0 Å². The highest BCUT2D eigenvalue weighted by Crippen LogP contribution is 2.21. The summed E-state index contributed by atoms with van der Waals surface area (Å²) in [5.41, 5.74) is 1.10. The molecule has 1 amide bonds. The minimum atomic E-state index is -0.591. The van der Waals surface area contributed by atoms with Crippen molar-refractivity contribution in [1.82, 2.24) is 9.55 Å². The number of alkyl halides is 1. The number of anilines is 1. The second kappa shape index (κ2) is 5.45. The average molecular weight is 278 g/mol. The molecule has 0 saturated heterocycles. The van der Waals surface area contributed by atoms with Gasteiger partial charge in [0, 0.05) is 29.6 Å². The average Bonchev–Trinajstić information content (AvgIpc) is 2.93. The Hall–Kier alpha value is -1.81. The molecule has 5 heteroatoms. The summed E-state index contributed by atoms with van der Waals surface area (Å²) >= 11 is 5.79. The number of nitrogens with one attached hydrogen (secondary N) is 1. The van der Waals surface area contributed by atoms with Gasteiger partial charge in [0.1, 0.15) is 0 Å². The first-order valence-electron chi connectivity index (χ1n) is 5.99. The van der Waals surface area contributed by atoms with Crippen LogP contribution >= 0.6 is 11.6 Å². The maximum Gasteiger partial charge on any atom is 0.231 e. The molecule has 2 aromatic rings. The molecule has 0 saturated carbocycles. The van der Waals surface area contributed by atoms with Gasteiger partial charge in [0.2, 0.25) is 5.91 Å². The summed E-state index contributed by atoms with van der Waals surface area (Å²) in [5, 5.41) is 2.88. The minimum Gasteiger partial charge on any atom is -0.326 e. The van der Waals surface area contributed by atoms with Crippen LogP contribution in [-0.4, -0.2) is 21.3 Å². The number of hydrogen-bond acceptors (Lipinski definition) is 2. The van der Waals surface area contributed by atoms with Crippen LogP contribution in [0.5, 0.6) is 0 Å². The topological polar surface area (TPSA) is 46.9 Å². The van der Waals surface area contributed by atoms with E-state index in [1.165, 1.54) is 0 Å². The van der Waals surface area contributed by atoms with Gasteiger partial charge in [0.15, 0.2) is 0 Å². The van der Waals surface area contributed by atoms with E-state index in [9.17, 15) is 4.79 Å². The van der Waals surface area contributed by atoms with E-state index in [1.54, 1.807) is 12.5 Å². The second-order valence-corrected chi connectivity index (χ2v) is 5.26.